The van der Waals surface area contributed by atoms with Crippen molar-refractivity contribution < 1.29 is 18.0 Å². The number of likely N-dealkylation sites (tertiary alicyclic amines) is 1. The molecule has 2 amide bonds. The van der Waals surface area contributed by atoms with E-state index >= 15 is 0 Å². The number of hydrogen-bond acceptors (Lipinski definition) is 3. The number of urea groups is 1. The van der Waals surface area contributed by atoms with E-state index in [1.165, 1.54) is 0 Å². The van der Waals surface area contributed by atoms with Crippen LogP contribution in [-0.4, -0.2) is 34.0 Å². The van der Waals surface area contributed by atoms with Gasteiger partial charge < -0.3 is 10.2 Å². The van der Waals surface area contributed by atoms with Gasteiger partial charge in [-0.3, -0.25) is 0 Å². The van der Waals surface area contributed by atoms with E-state index in [1.54, 1.807) is 4.90 Å². The molecule has 1 unspecified atom stereocenters. The summed E-state index contributed by atoms with van der Waals surface area (Å²) in [6, 6.07) is 0.505. The fourth-order valence-corrected chi connectivity index (χ4v) is 2.55. The maximum atomic E-state index is 12.6. The molecule has 2 heterocycles. The molecule has 23 heavy (non-hydrogen) atoms. The quantitative estimate of drug-likeness (QED) is 0.906. The van der Waals surface area contributed by atoms with Gasteiger partial charge in [0.25, 0.3) is 0 Å². The minimum atomic E-state index is -4.52. The Morgan fingerprint density at radius 2 is 2.17 bits per heavy atom. The molecule has 2 rings (SSSR count). The van der Waals surface area contributed by atoms with Crippen molar-refractivity contribution in [1.29, 1.82) is 0 Å². The zero-order valence-corrected chi connectivity index (χ0v) is 13.4. The summed E-state index contributed by atoms with van der Waals surface area (Å²) in [7, 11) is 0. The van der Waals surface area contributed by atoms with Crippen LogP contribution in [0.5, 0.6) is 0 Å². The topological polar surface area (TPSA) is 58.1 Å². The number of carbonyl (C=O) groups is 1. The van der Waals surface area contributed by atoms with Crippen LogP contribution < -0.4 is 5.32 Å². The van der Waals surface area contributed by atoms with Crippen molar-refractivity contribution in [3.8, 4) is 0 Å². The molecule has 1 N–H and O–H groups in total. The number of halogens is 3. The first kappa shape index (κ1) is 17.5. The van der Waals surface area contributed by atoms with Crippen molar-refractivity contribution in [2.75, 3.05) is 13.1 Å². The number of carbonyl (C=O) groups excluding carboxylic acids is 1. The Morgan fingerprint density at radius 1 is 1.48 bits per heavy atom. The number of hydrogen-bond donors (Lipinski definition) is 1. The monoisotopic (exact) mass is 330 g/mol. The van der Waals surface area contributed by atoms with Crippen LogP contribution in [0.3, 0.4) is 0 Å². The van der Waals surface area contributed by atoms with Crippen LogP contribution >= 0.6 is 0 Å². The average molecular weight is 330 g/mol. The Hall–Kier alpha value is -1.86. The van der Waals surface area contributed by atoms with Crippen molar-refractivity contribution in [2.45, 2.75) is 39.9 Å². The summed E-state index contributed by atoms with van der Waals surface area (Å²) in [5.74, 6) is 0.455. The van der Waals surface area contributed by atoms with Gasteiger partial charge in [-0.1, -0.05) is 20.8 Å². The summed E-state index contributed by atoms with van der Waals surface area (Å²) >= 11 is 0. The highest BCUT2D eigenvalue weighted by molar-refractivity contribution is 5.74. The Kier molecular flexibility index (Phi) is 4.81. The molecule has 0 spiro atoms. The zero-order valence-electron chi connectivity index (χ0n) is 13.4. The first-order valence-electron chi connectivity index (χ1n) is 7.51. The second-order valence-corrected chi connectivity index (χ2v) is 6.61. The van der Waals surface area contributed by atoms with Gasteiger partial charge in [0, 0.05) is 19.3 Å². The third-order valence-corrected chi connectivity index (χ3v) is 4.45. The maximum absolute atomic E-state index is 12.6. The Morgan fingerprint density at radius 3 is 2.78 bits per heavy atom. The highest BCUT2D eigenvalue weighted by Crippen LogP contribution is 2.34. The predicted octanol–water partition coefficient (Wildman–Crippen LogP) is 3.07. The molecule has 0 aromatic carbocycles. The second kappa shape index (κ2) is 6.33. The van der Waals surface area contributed by atoms with E-state index in [4.69, 9.17) is 0 Å². The van der Waals surface area contributed by atoms with E-state index in [1.807, 2.05) is 0 Å². The lowest BCUT2D eigenvalue weighted by atomic mass is 9.75. The normalized spacial score (nSPS) is 21.1. The Bertz CT molecular complexity index is 574. The highest BCUT2D eigenvalue weighted by atomic mass is 19.4. The smallest absolute Gasteiger partial charge is 0.331 e. The lowest BCUT2D eigenvalue weighted by Gasteiger charge is -2.42. The predicted molar refractivity (Wildman–Crippen MR) is 78.4 cm³/mol. The summed E-state index contributed by atoms with van der Waals surface area (Å²) < 4.78 is 37.8. The molecule has 0 bridgehead atoms. The number of aromatic nitrogens is 2. The first-order chi connectivity index (χ1) is 10.6. The molecule has 1 aliphatic rings. The van der Waals surface area contributed by atoms with Gasteiger partial charge in [0.05, 0.1) is 6.54 Å². The Balaban J connectivity index is 1.95. The van der Waals surface area contributed by atoms with Crippen LogP contribution in [0.4, 0.5) is 18.0 Å². The second-order valence-electron chi connectivity index (χ2n) is 6.61. The van der Waals surface area contributed by atoms with E-state index < -0.39 is 11.9 Å². The van der Waals surface area contributed by atoms with Crippen molar-refractivity contribution in [1.82, 2.24) is 20.2 Å². The summed E-state index contributed by atoms with van der Waals surface area (Å²) in [4.78, 5) is 21.1. The van der Waals surface area contributed by atoms with Crippen molar-refractivity contribution >= 4 is 6.03 Å². The number of amides is 2. The third kappa shape index (κ3) is 4.33. The van der Waals surface area contributed by atoms with Crippen molar-refractivity contribution in [3.05, 3.63) is 23.8 Å². The summed E-state index contributed by atoms with van der Waals surface area (Å²) in [5.41, 5.74) is -0.993. The molecule has 1 saturated heterocycles. The van der Waals surface area contributed by atoms with Gasteiger partial charge in [0.1, 0.15) is 11.5 Å². The van der Waals surface area contributed by atoms with Crippen LogP contribution in [0.2, 0.25) is 0 Å². The van der Waals surface area contributed by atoms with Crippen molar-refractivity contribution in [3.63, 3.8) is 0 Å². The van der Waals surface area contributed by atoms with E-state index in [-0.39, 0.29) is 23.8 Å². The van der Waals surface area contributed by atoms with E-state index in [2.05, 4.69) is 36.1 Å². The minimum Gasteiger partial charge on any atom is -0.331 e. The molecule has 1 fully saturated rings. The van der Waals surface area contributed by atoms with Crippen LogP contribution in [0.25, 0.3) is 0 Å². The molecule has 8 heteroatoms. The summed E-state index contributed by atoms with van der Waals surface area (Å²) in [6.07, 6.45) is -2.57. The fraction of sp³-hybridized carbons (Fsp3) is 0.667. The van der Waals surface area contributed by atoms with Gasteiger partial charge >= 0.3 is 12.2 Å². The van der Waals surface area contributed by atoms with Crippen LogP contribution in [0.1, 0.15) is 38.7 Å². The van der Waals surface area contributed by atoms with E-state index in [0.29, 0.717) is 19.0 Å². The van der Waals surface area contributed by atoms with E-state index in [9.17, 15) is 18.0 Å². The van der Waals surface area contributed by atoms with Gasteiger partial charge in [-0.05, 0) is 23.8 Å². The lowest BCUT2D eigenvalue weighted by molar-refractivity contribution is -0.141. The number of nitrogens with zero attached hydrogens (tertiary/aromatic N) is 3. The SMILES string of the molecule is CC1CCN(C(=O)NCc2nccc(C(F)(F)F)n2)CC1(C)C. The molecule has 1 aliphatic heterocycles. The van der Waals surface area contributed by atoms with Gasteiger partial charge in [0.15, 0.2) is 0 Å². The molecule has 1 aromatic rings. The molecule has 1 aromatic heterocycles. The Labute approximate surface area is 133 Å². The minimum absolute atomic E-state index is 0.0162. The molecular weight excluding hydrogens is 309 g/mol. The third-order valence-electron chi connectivity index (χ3n) is 4.45. The molecule has 0 saturated carbocycles. The summed E-state index contributed by atoms with van der Waals surface area (Å²) in [6.45, 7) is 7.49. The van der Waals surface area contributed by atoms with E-state index in [0.717, 1.165) is 18.7 Å². The van der Waals surface area contributed by atoms with Gasteiger partial charge in [0.2, 0.25) is 0 Å². The molecule has 128 valence electrons. The lowest BCUT2D eigenvalue weighted by Crippen LogP contribution is -2.50. The molecule has 1 atom stereocenters. The maximum Gasteiger partial charge on any atom is 0.433 e. The van der Waals surface area contributed by atoms with Gasteiger partial charge in [-0.2, -0.15) is 13.2 Å². The van der Waals surface area contributed by atoms with Crippen LogP contribution in [0.15, 0.2) is 12.3 Å². The largest absolute Gasteiger partial charge is 0.433 e. The van der Waals surface area contributed by atoms with Gasteiger partial charge in [-0.15, -0.1) is 0 Å². The fourth-order valence-electron chi connectivity index (χ4n) is 2.55. The van der Waals surface area contributed by atoms with Crippen molar-refractivity contribution in [2.24, 2.45) is 11.3 Å². The summed E-state index contributed by atoms with van der Waals surface area (Å²) in [5, 5.41) is 2.59. The molecule has 0 aliphatic carbocycles. The zero-order chi connectivity index (χ0) is 17.3. The molecule has 0 radical (unpaired) electrons. The number of nitrogens with one attached hydrogen (secondary N) is 1. The first-order valence-corrected chi connectivity index (χ1v) is 7.51. The number of piperidine rings is 1. The van der Waals surface area contributed by atoms with Crippen LogP contribution in [-0.2, 0) is 12.7 Å². The standard InChI is InChI=1S/C15H21F3N4O/c1-10-5-7-22(9-14(10,2)3)13(23)20-8-12-19-6-4-11(21-12)15(16,17)18/h4,6,10H,5,7-9H2,1-3H3,(H,20,23). The van der Waals surface area contributed by atoms with Crippen LogP contribution in [0, 0.1) is 11.3 Å². The molecular formula is C15H21F3N4O. The highest BCUT2D eigenvalue weighted by Gasteiger charge is 2.35. The number of rotatable bonds is 2. The average Bonchev–Trinajstić information content (AvgIpc) is 2.47. The molecule has 5 nitrogen and oxygen atoms in total. The number of alkyl halides is 3. The van der Waals surface area contributed by atoms with Gasteiger partial charge in [-0.25, -0.2) is 14.8 Å².